The SMILES string of the molecule is COc1cc(C2=NCCCN2)ccc1OCc1cnn(C)c1. The highest BCUT2D eigenvalue weighted by atomic mass is 16.5. The highest BCUT2D eigenvalue weighted by Gasteiger charge is 2.12. The standard InChI is InChI=1S/C16H20N4O2/c1-20-10-12(9-19-20)11-22-14-5-4-13(8-15(14)21-2)16-17-6-3-7-18-16/h4-5,8-10H,3,6-7,11H2,1-2H3,(H,17,18). The van der Waals surface area contributed by atoms with Gasteiger partial charge in [0.25, 0.3) is 0 Å². The van der Waals surface area contributed by atoms with Crippen LogP contribution in [0.4, 0.5) is 0 Å². The van der Waals surface area contributed by atoms with Gasteiger partial charge in [-0.1, -0.05) is 0 Å². The van der Waals surface area contributed by atoms with Crippen LogP contribution in [0.3, 0.4) is 0 Å². The van der Waals surface area contributed by atoms with Gasteiger partial charge >= 0.3 is 0 Å². The summed E-state index contributed by atoms with van der Waals surface area (Å²) in [5.74, 6) is 2.34. The summed E-state index contributed by atoms with van der Waals surface area (Å²) >= 11 is 0. The smallest absolute Gasteiger partial charge is 0.161 e. The number of hydrogen-bond acceptors (Lipinski definition) is 5. The third kappa shape index (κ3) is 3.21. The molecule has 0 fully saturated rings. The van der Waals surface area contributed by atoms with Crippen LogP contribution < -0.4 is 14.8 Å². The lowest BCUT2D eigenvalue weighted by atomic mass is 10.1. The topological polar surface area (TPSA) is 60.7 Å². The van der Waals surface area contributed by atoms with Crippen molar-refractivity contribution in [2.75, 3.05) is 20.2 Å². The highest BCUT2D eigenvalue weighted by molar-refractivity contribution is 5.99. The molecule has 1 aromatic heterocycles. The van der Waals surface area contributed by atoms with Gasteiger partial charge in [0.1, 0.15) is 12.4 Å². The van der Waals surface area contributed by atoms with Gasteiger partial charge < -0.3 is 14.8 Å². The molecule has 0 spiro atoms. The van der Waals surface area contributed by atoms with E-state index in [1.165, 1.54) is 0 Å². The summed E-state index contributed by atoms with van der Waals surface area (Å²) in [6.45, 7) is 2.28. The van der Waals surface area contributed by atoms with Crippen molar-refractivity contribution in [2.45, 2.75) is 13.0 Å². The van der Waals surface area contributed by atoms with Gasteiger partial charge in [0.15, 0.2) is 11.5 Å². The number of benzene rings is 1. The van der Waals surface area contributed by atoms with Crippen LogP contribution in [0.5, 0.6) is 11.5 Å². The molecule has 1 aromatic carbocycles. The molecule has 3 rings (SSSR count). The van der Waals surface area contributed by atoms with Gasteiger partial charge in [-0.2, -0.15) is 5.10 Å². The maximum Gasteiger partial charge on any atom is 0.161 e. The van der Waals surface area contributed by atoms with Crippen molar-refractivity contribution in [1.29, 1.82) is 0 Å². The van der Waals surface area contributed by atoms with E-state index in [9.17, 15) is 0 Å². The van der Waals surface area contributed by atoms with Crippen LogP contribution in [0, 0.1) is 0 Å². The van der Waals surface area contributed by atoms with Crippen molar-refractivity contribution in [3.8, 4) is 11.5 Å². The monoisotopic (exact) mass is 300 g/mol. The fourth-order valence-corrected chi connectivity index (χ4v) is 2.37. The third-order valence-corrected chi connectivity index (χ3v) is 3.49. The average Bonchev–Trinajstić information content (AvgIpc) is 2.99. The molecule has 1 aliphatic rings. The minimum Gasteiger partial charge on any atom is -0.493 e. The van der Waals surface area contributed by atoms with Crippen LogP contribution in [-0.4, -0.2) is 35.8 Å². The van der Waals surface area contributed by atoms with Crippen molar-refractivity contribution in [3.05, 3.63) is 41.7 Å². The van der Waals surface area contributed by atoms with E-state index in [0.717, 1.165) is 36.5 Å². The van der Waals surface area contributed by atoms with E-state index in [1.807, 2.05) is 31.4 Å². The quantitative estimate of drug-likeness (QED) is 0.914. The second-order valence-corrected chi connectivity index (χ2v) is 5.19. The summed E-state index contributed by atoms with van der Waals surface area (Å²) < 4.78 is 13.0. The average molecular weight is 300 g/mol. The molecule has 0 unspecified atom stereocenters. The number of methoxy groups -OCH3 is 1. The summed E-state index contributed by atoms with van der Waals surface area (Å²) in [5.41, 5.74) is 2.04. The Balaban J connectivity index is 1.75. The van der Waals surface area contributed by atoms with Gasteiger partial charge in [0, 0.05) is 37.5 Å². The lowest BCUT2D eigenvalue weighted by Gasteiger charge is -2.16. The van der Waals surface area contributed by atoms with Crippen LogP contribution in [-0.2, 0) is 13.7 Å². The number of aliphatic imine (C=N–C) groups is 1. The molecule has 0 saturated carbocycles. The molecular weight excluding hydrogens is 280 g/mol. The van der Waals surface area contributed by atoms with Crippen molar-refractivity contribution < 1.29 is 9.47 Å². The maximum absolute atomic E-state index is 5.83. The molecule has 2 heterocycles. The van der Waals surface area contributed by atoms with E-state index < -0.39 is 0 Å². The van der Waals surface area contributed by atoms with E-state index in [1.54, 1.807) is 18.0 Å². The molecule has 1 aliphatic heterocycles. The van der Waals surface area contributed by atoms with E-state index in [4.69, 9.17) is 9.47 Å². The Morgan fingerprint density at radius 1 is 1.32 bits per heavy atom. The van der Waals surface area contributed by atoms with E-state index in [0.29, 0.717) is 18.1 Å². The Hall–Kier alpha value is -2.50. The fraction of sp³-hybridized carbons (Fsp3) is 0.375. The van der Waals surface area contributed by atoms with Crippen LogP contribution in [0.1, 0.15) is 17.5 Å². The Morgan fingerprint density at radius 2 is 2.23 bits per heavy atom. The number of hydrogen-bond donors (Lipinski definition) is 1. The minimum absolute atomic E-state index is 0.461. The third-order valence-electron chi connectivity index (χ3n) is 3.49. The summed E-state index contributed by atoms with van der Waals surface area (Å²) in [6.07, 6.45) is 4.80. The molecule has 116 valence electrons. The lowest BCUT2D eigenvalue weighted by molar-refractivity contribution is 0.284. The number of aromatic nitrogens is 2. The summed E-state index contributed by atoms with van der Waals surface area (Å²) in [5, 5.41) is 7.44. The Kier molecular flexibility index (Phi) is 4.27. The molecule has 0 bridgehead atoms. The fourth-order valence-electron chi connectivity index (χ4n) is 2.37. The largest absolute Gasteiger partial charge is 0.493 e. The van der Waals surface area contributed by atoms with Gasteiger partial charge in [0.05, 0.1) is 13.3 Å². The number of nitrogens with zero attached hydrogens (tertiary/aromatic N) is 3. The number of ether oxygens (including phenoxy) is 2. The summed E-state index contributed by atoms with van der Waals surface area (Å²) in [7, 11) is 3.53. The number of aryl methyl sites for hydroxylation is 1. The molecule has 0 amide bonds. The van der Waals surface area contributed by atoms with E-state index in [2.05, 4.69) is 15.4 Å². The molecule has 0 atom stereocenters. The first kappa shape index (κ1) is 14.4. The Labute approximate surface area is 129 Å². The van der Waals surface area contributed by atoms with Crippen molar-refractivity contribution in [2.24, 2.45) is 12.0 Å². The molecule has 0 saturated heterocycles. The first-order valence-corrected chi connectivity index (χ1v) is 7.33. The molecule has 22 heavy (non-hydrogen) atoms. The summed E-state index contributed by atoms with van der Waals surface area (Å²) in [6, 6.07) is 5.87. The second kappa shape index (κ2) is 6.51. The number of rotatable bonds is 5. The summed E-state index contributed by atoms with van der Waals surface area (Å²) in [4.78, 5) is 4.50. The van der Waals surface area contributed by atoms with Gasteiger partial charge in [-0.3, -0.25) is 9.67 Å². The zero-order valence-corrected chi connectivity index (χ0v) is 12.9. The van der Waals surface area contributed by atoms with Crippen molar-refractivity contribution >= 4 is 5.84 Å². The van der Waals surface area contributed by atoms with Crippen molar-refractivity contribution in [1.82, 2.24) is 15.1 Å². The first-order valence-electron chi connectivity index (χ1n) is 7.33. The van der Waals surface area contributed by atoms with E-state index >= 15 is 0 Å². The molecule has 6 nitrogen and oxygen atoms in total. The number of amidine groups is 1. The van der Waals surface area contributed by atoms with E-state index in [-0.39, 0.29) is 0 Å². The second-order valence-electron chi connectivity index (χ2n) is 5.19. The molecule has 0 aliphatic carbocycles. The van der Waals surface area contributed by atoms with Gasteiger partial charge in [0.2, 0.25) is 0 Å². The predicted molar refractivity (Wildman–Crippen MR) is 84.6 cm³/mol. The Morgan fingerprint density at radius 3 is 2.91 bits per heavy atom. The molecule has 0 radical (unpaired) electrons. The van der Waals surface area contributed by atoms with Crippen LogP contribution >= 0.6 is 0 Å². The highest BCUT2D eigenvalue weighted by Crippen LogP contribution is 2.29. The molecule has 1 N–H and O–H groups in total. The Bertz CT molecular complexity index is 679. The maximum atomic E-state index is 5.83. The molecule has 6 heteroatoms. The van der Waals surface area contributed by atoms with Crippen LogP contribution in [0.25, 0.3) is 0 Å². The van der Waals surface area contributed by atoms with Crippen LogP contribution in [0.2, 0.25) is 0 Å². The van der Waals surface area contributed by atoms with Crippen molar-refractivity contribution in [3.63, 3.8) is 0 Å². The van der Waals surface area contributed by atoms with Gasteiger partial charge in [-0.05, 0) is 24.6 Å². The molecular formula is C16H20N4O2. The molecule has 2 aromatic rings. The zero-order chi connectivity index (χ0) is 15.4. The predicted octanol–water partition coefficient (Wildman–Crippen LogP) is 1.75. The number of nitrogens with one attached hydrogen (secondary N) is 1. The zero-order valence-electron chi connectivity index (χ0n) is 12.9. The van der Waals surface area contributed by atoms with Crippen LogP contribution in [0.15, 0.2) is 35.6 Å². The minimum atomic E-state index is 0.461. The lowest BCUT2D eigenvalue weighted by Crippen LogP contribution is -2.30. The van der Waals surface area contributed by atoms with Gasteiger partial charge in [-0.15, -0.1) is 0 Å². The van der Waals surface area contributed by atoms with Gasteiger partial charge in [-0.25, -0.2) is 0 Å². The first-order chi connectivity index (χ1) is 10.8. The normalized spacial score (nSPS) is 14.2.